The van der Waals surface area contributed by atoms with Gasteiger partial charge in [-0.25, -0.2) is 13.4 Å². The second-order valence-corrected chi connectivity index (χ2v) is 10.9. The fourth-order valence-electron chi connectivity index (χ4n) is 3.80. The molecular formula is C26H33N3O5S. The fourth-order valence-corrected chi connectivity index (χ4v) is 5.01. The van der Waals surface area contributed by atoms with Gasteiger partial charge in [0, 0.05) is 37.7 Å². The molecule has 0 fully saturated rings. The molecule has 1 aliphatic heterocycles. The van der Waals surface area contributed by atoms with Crippen LogP contribution in [-0.4, -0.2) is 72.5 Å². The summed E-state index contributed by atoms with van der Waals surface area (Å²) in [6, 6.07) is 9.44. The first-order chi connectivity index (χ1) is 16.7. The number of aliphatic hydroxyl groups is 1. The summed E-state index contributed by atoms with van der Waals surface area (Å²) in [5.74, 6) is 5.67. The minimum atomic E-state index is -3.73. The highest BCUT2D eigenvalue weighted by atomic mass is 32.2. The third kappa shape index (κ3) is 6.20. The summed E-state index contributed by atoms with van der Waals surface area (Å²) < 4.78 is 33.6. The minimum absolute atomic E-state index is 0.0626. The van der Waals surface area contributed by atoms with Crippen LogP contribution in [-0.2, 0) is 10.0 Å². The Bertz CT molecular complexity index is 1190. The molecule has 0 saturated carbocycles. The van der Waals surface area contributed by atoms with Crippen LogP contribution in [0.2, 0.25) is 0 Å². The molecule has 1 N–H and O–H groups in total. The first-order valence-electron chi connectivity index (χ1n) is 11.8. The van der Waals surface area contributed by atoms with Crippen LogP contribution < -0.4 is 4.74 Å². The number of hydrogen-bond donors (Lipinski definition) is 1. The number of benzene rings is 1. The fraction of sp³-hybridized carbons (Fsp3) is 0.462. The van der Waals surface area contributed by atoms with E-state index >= 15 is 0 Å². The minimum Gasteiger partial charge on any atom is -0.472 e. The van der Waals surface area contributed by atoms with E-state index in [4.69, 9.17) is 4.74 Å². The number of carbonyl (C=O) groups is 1. The number of likely N-dealkylation sites (N-methyl/N-ethyl adjacent to an activating group) is 1. The van der Waals surface area contributed by atoms with Gasteiger partial charge >= 0.3 is 0 Å². The quantitative estimate of drug-likeness (QED) is 0.588. The van der Waals surface area contributed by atoms with Crippen LogP contribution in [0.15, 0.2) is 47.5 Å². The molecule has 0 spiro atoms. The third-order valence-corrected chi connectivity index (χ3v) is 7.85. The molecule has 8 nitrogen and oxygen atoms in total. The van der Waals surface area contributed by atoms with Gasteiger partial charge in [0.2, 0.25) is 15.9 Å². The highest BCUT2D eigenvalue weighted by Crippen LogP contribution is 2.28. The normalized spacial score (nSPS) is 19.1. The molecule has 0 aliphatic carbocycles. The molecule has 1 amide bonds. The molecule has 3 atom stereocenters. The molecule has 1 aromatic heterocycles. The number of ether oxygens (including phenoxy) is 1. The van der Waals surface area contributed by atoms with Gasteiger partial charge in [0.1, 0.15) is 11.7 Å². The Morgan fingerprint density at radius 2 is 2.03 bits per heavy atom. The van der Waals surface area contributed by atoms with E-state index in [2.05, 4.69) is 16.8 Å². The number of aliphatic hydroxyl groups excluding tert-OH is 1. The van der Waals surface area contributed by atoms with Gasteiger partial charge in [0.15, 0.2) is 0 Å². The second-order valence-electron chi connectivity index (χ2n) is 8.85. The number of unbranched alkanes of at least 4 members (excludes halogenated alkanes) is 1. The molecule has 9 heteroatoms. The van der Waals surface area contributed by atoms with E-state index in [9.17, 15) is 18.3 Å². The van der Waals surface area contributed by atoms with Crippen LogP contribution in [0.1, 0.15) is 49.5 Å². The van der Waals surface area contributed by atoms with E-state index in [1.54, 1.807) is 54.4 Å². The highest BCUT2D eigenvalue weighted by molar-refractivity contribution is 7.89. The van der Waals surface area contributed by atoms with E-state index in [1.807, 2.05) is 13.8 Å². The van der Waals surface area contributed by atoms with E-state index in [0.717, 1.165) is 12.8 Å². The number of amides is 1. The lowest BCUT2D eigenvalue weighted by Gasteiger charge is -2.37. The average Bonchev–Trinajstić information content (AvgIpc) is 2.86. The standard InChI is InChI=1S/C26H33N3O5S/c1-5-6-8-11-21-14-23-25(27-15-21)34-24(19(2)16-29(26(23)31)20(3)18-30)17-28(4)35(32,33)22-12-9-7-10-13-22/h7,9-10,12-15,19-20,24,30H,5-6,16-18H2,1-4H3/t19-,20+,24-/m1/s1. The van der Waals surface area contributed by atoms with Gasteiger partial charge in [0.25, 0.3) is 5.91 Å². The third-order valence-electron chi connectivity index (χ3n) is 6.02. The number of nitrogens with zero attached hydrogens (tertiary/aromatic N) is 3. The van der Waals surface area contributed by atoms with Gasteiger partial charge in [-0.3, -0.25) is 4.79 Å². The van der Waals surface area contributed by atoms with Crippen LogP contribution in [0.4, 0.5) is 0 Å². The van der Waals surface area contributed by atoms with E-state index in [1.165, 1.54) is 11.4 Å². The summed E-state index contributed by atoms with van der Waals surface area (Å²) in [5, 5.41) is 9.79. The molecule has 0 saturated heterocycles. The number of sulfonamides is 1. The van der Waals surface area contributed by atoms with E-state index in [0.29, 0.717) is 5.56 Å². The van der Waals surface area contributed by atoms with Crippen molar-refractivity contribution < 1.29 is 23.1 Å². The van der Waals surface area contributed by atoms with Crippen molar-refractivity contribution in [1.29, 1.82) is 0 Å². The second kappa shape index (κ2) is 11.7. The van der Waals surface area contributed by atoms with Gasteiger partial charge in [0.05, 0.1) is 24.1 Å². The van der Waals surface area contributed by atoms with Crippen LogP contribution in [0.3, 0.4) is 0 Å². The number of hydrogen-bond acceptors (Lipinski definition) is 6. The lowest BCUT2D eigenvalue weighted by molar-refractivity contribution is 0.0373. The highest BCUT2D eigenvalue weighted by Gasteiger charge is 2.35. The maximum Gasteiger partial charge on any atom is 0.259 e. The molecule has 1 aromatic carbocycles. The Kier molecular flexibility index (Phi) is 8.89. The summed E-state index contributed by atoms with van der Waals surface area (Å²) in [7, 11) is -2.22. The summed E-state index contributed by atoms with van der Waals surface area (Å²) in [4.78, 5) is 19.6. The number of fused-ring (bicyclic) bond motifs is 1. The summed E-state index contributed by atoms with van der Waals surface area (Å²) in [6.07, 6.45) is 2.64. The van der Waals surface area contributed by atoms with Gasteiger partial charge < -0.3 is 14.7 Å². The van der Waals surface area contributed by atoms with Crippen molar-refractivity contribution in [2.24, 2.45) is 5.92 Å². The SMILES string of the molecule is CCCC#Cc1cnc2c(c1)C(=O)N([C@@H](C)CO)C[C@@H](C)[C@@H](CN(C)S(=O)(=O)c1ccccc1)O2. The Morgan fingerprint density at radius 1 is 1.31 bits per heavy atom. The predicted octanol–water partition coefficient (Wildman–Crippen LogP) is 2.77. The van der Waals surface area contributed by atoms with Crippen LogP contribution in [0, 0.1) is 17.8 Å². The zero-order chi connectivity index (χ0) is 25.6. The van der Waals surface area contributed by atoms with Crippen molar-refractivity contribution in [1.82, 2.24) is 14.2 Å². The molecular weight excluding hydrogens is 466 g/mol. The van der Waals surface area contributed by atoms with E-state index < -0.39 is 22.2 Å². The lowest BCUT2D eigenvalue weighted by Crippen LogP contribution is -2.50. The first kappa shape index (κ1) is 26.7. The monoisotopic (exact) mass is 499 g/mol. The smallest absolute Gasteiger partial charge is 0.259 e. The molecule has 3 rings (SSSR count). The van der Waals surface area contributed by atoms with Crippen molar-refractivity contribution in [3.63, 3.8) is 0 Å². The van der Waals surface area contributed by atoms with Gasteiger partial charge in [-0.2, -0.15) is 4.31 Å². The Morgan fingerprint density at radius 3 is 2.69 bits per heavy atom. The number of aromatic nitrogens is 1. The Balaban J connectivity index is 1.97. The predicted molar refractivity (Wildman–Crippen MR) is 133 cm³/mol. The molecule has 2 heterocycles. The first-order valence-corrected chi connectivity index (χ1v) is 13.2. The summed E-state index contributed by atoms with van der Waals surface area (Å²) >= 11 is 0. The Labute approximate surface area is 208 Å². The van der Waals surface area contributed by atoms with Crippen molar-refractivity contribution in [3.8, 4) is 17.7 Å². The van der Waals surface area contributed by atoms with Crippen LogP contribution in [0.5, 0.6) is 5.88 Å². The van der Waals surface area contributed by atoms with Crippen LogP contribution in [0.25, 0.3) is 0 Å². The molecule has 0 unspecified atom stereocenters. The largest absolute Gasteiger partial charge is 0.472 e. The molecule has 188 valence electrons. The zero-order valence-corrected chi connectivity index (χ0v) is 21.5. The van der Waals surface area contributed by atoms with Crippen LogP contribution >= 0.6 is 0 Å². The lowest BCUT2D eigenvalue weighted by atomic mass is 10.0. The molecule has 2 aromatic rings. The molecule has 1 aliphatic rings. The van der Waals surface area contributed by atoms with Crippen molar-refractivity contribution in [2.45, 2.75) is 50.7 Å². The van der Waals surface area contributed by atoms with Crippen molar-refractivity contribution in [2.75, 3.05) is 26.7 Å². The van der Waals surface area contributed by atoms with Crippen molar-refractivity contribution >= 4 is 15.9 Å². The van der Waals surface area contributed by atoms with E-state index in [-0.39, 0.29) is 47.9 Å². The average molecular weight is 500 g/mol. The Hall–Kier alpha value is -2.93. The summed E-state index contributed by atoms with van der Waals surface area (Å²) in [5.41, 5.74) is 0.846. The van der Waals surface area contributed by atoms with Gasteiger partial charge in [-0.15, -0.1) is 0 Å². The van der Waals surface area contributed by atoms with Gasteiger partial charge in [-0.1, -0.05) is 43.9 Å². The molecule has 0 bridgehead atoms. The number of carbonyl (C=O) groups excluding carboxylic acids is 1. The van der Waals surface area contributed by atoms with Gasteiger partial charge in [-0.05, 0) is 31.5 Å². The summed E-state index contributed by atoms with van der Waals surface area (Å²) in [6.45, 7) is 5.85. The molecule has 35 heavy (non-hydrogen) atoms. The zero-order valence-electron chi connectivity index (χ0n) is 20.6. The maximum absolute atomic E-state index is 13.4. The molecule has 0 radical (unpaired) electrons. The number of rotatable bonds is 7. The topological polar surface area (TPSA) is 100 Å². The number of pyridine rings is 1. The van der Waals surface area contributed by atoms with Crippen molar-refractivity contribution in [3.05, 3.63) is 53.7 Å². The maximum atomic E-state index is 13.4.